The average Bonchev–Trinajstić information content (AvgIpc) is 2.60. The molecule has 0 amide bonds. The molecule has 0 aliphatic carbocycles. The summed E-state index contributed by atoms with van der Waals surface area (Å²) in [6.45, 7) is 1.91. The quantitative estimate of drug-likeness (QED) is 0.757. The minimum atomic E-state index is -3.81. The number of hydrogen-bond acceptors (Lipinski definition) is 5. The Hall–Kier alpha value is -2.80. The zero-order valence-corrected chi connectivity index (χ0v) is 14.9. The molecular formula is C18H18N2O4S. The first kappa shape index (κ1) is 17.0. The summed E-state index contributed by atoms with van der Waals surface area (Å²) >= 11 is 0. The van der Waals surface area contributed by atoms with E-state index in [0.29, 0.717) is 22.7 Å². The Kier molecular flexibility index (Phi) is 4.50. The molecule has 130 valence electrons. The lowest BCUT2D eigenvalue weighted by Gasteiger charge is -2.13. The van der Waals surface area contributed by atoms with Crippen molar-refractivity contribution in [3.63, 3.8) is 0 Å². The van der Waals surface area contributed by atoms with Gasteiger partial charge in [-0.1, -0.05) is 12.1 Å². The van der Waals surface area contributed by atoms with Gasteiger partial charge in [0.15, 0.2) is 11.5 Å². The lowest BCUT2D eigenvalue weighted by Crippen LogP contribution is -2.14. The van der Waals surface area contributed by atoms with Crippen LogP contribution in [0, 0.1) is 6.92 Å². The molecule has 1 heterocycles. The van der Waals surface area contributed by atoms with Crippen molar-refractivity contribution < 1.29 is 17.9 Å². The standard InChI is InChI=1S/C18H18N2O4S/c1-12-9-13-5-4-6-17(18(13)19-11-12)25(21,22)20-14-7-8-15(23-2)16(10-14)24-3/h4-11,20H,1-3H3. The molecule has 0 spiro atoms. The first-order chi connectivity index (χ1) is 11.9. The second-order valence-corrected chi connectivity index (χ2v) is 7.17. The zero-order valence-electron chi connectivity index (χ0n) is 14.1. The van der Waals surface area contributed by atoms with E-state index in [1.54, 1.807) is 30.5 Å². The summed E-state index contributed by atoms with van der Waals surface area (Å²) in [5, 5.41) is 0.773. The van der Waals surface area contributed by atoms with Gasteiger partial charge in [-0.05, 0) is 36.8 Å². The SMILES string of the molecule is COc1ccc(NS(=O)(=O)c2cccc3cc(C)cnc23)cc1OC. The molecule has 0 saturated heterocycles. The topological polar surface area (TPSA) is 77.5 Å². The van der Waals surface area contributed by atoms with Gasteiger partial charge in [-0.2, -0.15) is 0 Å². The lowest BCUT2D eigenvalue weighted by molar-refractivity contribution is 0.355. The maximum atomic E-state index is 12.8. The van der Waals surface area contributed by atoms with Crippen LogP contribution in [-0.4, -0.2) is 27.6 Å². The van der Waals surface area contributed by atoms with Crippen molar-refractivity contribution >= 4 is 26.6 Å². The third-order valence-corrected chi connectivity index (χ3v) is 5.15. The van der Waals surface area contributed by atoms with Gasteiger partial charge in [0.25, 0.3) is 10.0 Å². The number of aryl methyl sites for hydroxylation is 1. The first-order valence-electron chi connectivity index (χ1n) is 7.55. The predicted octanol–water partition coefficient (Wildman–Crippen LogP) is 3.36. The number of fused-ring (bicyclic) bond motifs is 1. The normalized spacial score (nSPS) is 11.3. The number of para-hydroxylation sites is 1. The fourth-order valence-electron chi connectivity index (χ4n) is 2.57. The molecule has 0 bridgehead atoms. The van der Waals surface area contributed by atoms with Gasteiger partial charge in [0.1, 0.15) is 4.90 Å². The minimum absolute atomic E-state index is 0.125. The molecule has 0 fully saturated rings. The Balaban J connectivity index is 2.03. The molecule has 0 aliphatic heterocycles. The number of nitrogens with one attached hydrogen (secondary N) is 1. The van der Waals surface area contributed by atoms with Crippen molar-refractivity contribution in [3.8, 4) is 11.5 Å². The van der Waals surface area contributed by atoms with Crippen LogP contribution in [0.3, 0.4) is 0 Å². The number of methoxy groups -OCH3 is 2. The van der Waals surface area contributed by atoms with Crippen molar-refractivity contribution in [2.45, 2.75) is 11.8 Å². The molecule has 25 heavy (non-hydrogen) atoms. The van der Waals surface area contributed by atoms with Gasteiger partial charge in [0.05, 0.1) is 25.4 Å². The fraction of sp³-hybridized carbons (Fsp3) is 0.167. The van der Waals surface area contributed by atoms with Crippen LogP contribution in [-0.2, 0) is 10.0 Å². The van der Waals surface area contributed by atoms with Crippen molar-refractivity contribution in [2.24, 2.45) is 0 Å². The number of anilines is 1. The van der Waals surface area contributed by atoms with E-state index in [1.807, 2.05) is 19.1 Å². The number of nitrogens with zero attached hydrogens (tertiary/aromatic N) is 1. The van der Waals surface area contributed by atoms with Crippen LogP contribution in [0.25, 0.3) is 10.9 Å². The highest BCUT2D eigenvalue weighted by Gasteiger charge is 2.19. The molecular weight excluding hydrogens is 340 g/mol. The van der Waals surface area contributed by atoms with Gasteiger partial charge in [0, 0.05) is 17.6 Å². The van der Waals surface area contributed by atoms with Crippen LogP contribution in [0.4, 0.5) is 5.69 Å². The Morgan fingerprint density at radius 3 is 2.48 bits per heavy atom. The van der Waals surface area contributed by atoms with Gasteiger partial charge >= 0.3 is 0 Å². The number of hydrogen-bond donors (Lipinski definition) is 1. The van der Waals surface area contributed by atoms with E-state index in [-0.39, 0.29) is 4.90 Å². The molecule has 1 N–H and O–H groups in total. The van der Waals surface area contributed by atoms with Crippen LogP contribution in [0.15, 0.2) is 53.6 Å². The van der Waals surface area contributed by atoms with E-state index in [1.165, 1.54) is 20.3 Å². The van der Waals surface area contributed by atoms with Crippen LogP contribution in [0.1, 0.15) is 5.56 Å². The predicted molar refractivity (Wildman–Crippen MR) is 96.8 cm³/mol. The van der Waals surface area contributed by atoms with E-state index < -0.39 is 10.0 Å². The molecule has 1 aromatic heterocycles. The van der Waals surface area contributed by atoms with Gasteiger partial charge in [-0.25, -0.2) is 8.42 Å². The largest absolute Gasteiger partial charge is 0.493 e. The maximum absolute atomic E-state index is 12.8. The zero-order chi connectivity index (χ0) is 18.0. The van der Waals surface area contributed by atoms with E-state index in [9.17, 15) is 8.42 Å². The lowest BCUT2D eigenvalue weighted by atomic mass is 10.2. The summed E-state index contributed by atoms with van der Waals surface area (Å²) in [5.74, 6) is 0.960. The van der Waals surface area contributed by atoms with Gasteiger partial charge in [-0.15, -0.1) is 0 Å². The number of sulfonamides is 1. The monoisotopic (exact) mass is 358 g/mol. The third-order valence-electron chi connectivity index (χ3n) is 3.74. The maximum Gasteiger partial charge on any atom is 0.264 e. The van der Waals surface area contributed by atoms with Crippen molar-refractivity contribution in [2.75, 3.05) is 18.9 Å². The summed E-state index contributed by atoms with van der Waals surface area (Å²) < 4.78 is 38.6. The van der Waals surface area contributed by atoms with Crippen LogP contribution in [0.2, 0.25) is 0 Å². The molecule has 0 aliphatic rings. The number of aromatic nitrogens is 1. The molecule has 6 nitrogen and oxygen atoms in total. The fourth-order valence-corrected chi connectivity index (χ4v) is 3.80. The molecule has 7 heteroatoms. The molecule has 0 saturated carbocycles. The Bertz CT molecular complexity index is 1030. The molecule has 0 unspecified atom stereocenters. The van der Waals surface area contributed by atoms with E-state index in [0.717, 1.165) is 10.9 Å². The molecule has 3 aromatic rings. The summed E-state index contributed by atoms with van der Waals surface area (Å²) in [6.07, 6.45) is 1.65. The second-order valence-electron chi connectivity index (χ2n) is 5.52. The van der Waals surface area contributed by atoms with Crippen molar-refractivity contribution in [1.82, 2.24) is 4.98 Å². The molecule has 0 radical (unpaired) electrons. The Morgan fingerprint density at radius 2 is 1.76 bits per heavy atom. The highest BCUT2D eigenvalue weighted by atomic mass is 32.2. The van der Waals surface area contributed by atoms with E-state index in [2.05, 4.69) is 9.71 Å². The molecule has 3 rings (SSSR count). The van der Waals surface area contributed by atoms with Gasteiger partial charge < -0.3 is 9.47 Å². The smallest absolute Gasteiger partial charge is 0.264 e. The van der Waals surface area contributed by atoms with Crippen molar-refractivity contribution in [3.05, 3.63) is 54.2 Å². The minimum Gasteiger partial charge on any atom is -0.493 e. The van der Waals surface area contributed by atoms with Gasteiger partial charge in [-0.3, -0.25) is 9.71 Å². The summed E-state index contributed by atoms with van der Waals surface area (Å²) in [7, 11) is -0.794. The number of ether oxygens (including phenoxy) is 2. The van der Waals surface area contributed by atoms with E-state index >= 15 is 0 Å². The Morgan fingerprint density at radius 1 is 1.00 bits per heavy atom. The highest BCUT2D eigenvalue weighted by Crippen LogP contribution is 2.31. The number of pyridine rings is 1. The highest BCUT2D eigenvalue weighted by molar-refractivity contribution is 7.93. The first-order valence-corrected chi connectivity index (χ1v) is 9.03. The molecule has 2 aromatic carbocycles. The number of benzene rings is 2. The summed E-state index contributed by atoms with van der Waals surface area (Å²) in [6, 6.07) is 11.8. The number of rotatable bonds is 5. The van der Waals surface area contributed by atoms with Crippen LogP contribution >= 0.6 is 0 Å². The van der Waals surface area contributed by atoms with Crippen LogP contribution < -0.4 is 14.2 Å². The van der Waals surface area contributed by atoms with Gasteiger partial charge in [0.2, 0.25) is 0 Å². The van der Waals surface area contributed by atoms with E-state index in [4.69, 9.17) is 9.47 Å². The summed E-state index contributed by atoms with van der Waals surface area (Å²) in [5.41, 5.74) is 1.78. The van der Waals surface area contributed by atoms with Crippen LogP contribution in [0.5, 0.6) is 11.5 Å². The summed E-state index contributed by atoms with van der Waals surface area (Å²) in [4.78, 5) is 4.41. The third kappa shape index (κ3) is 3.36. The average molecular weight is 358 g/mol. The Labute approximate surface area is 146 Å². The van der Waals surface area contributed by atoms with Crippen molar-refractivity contribution in [1.29, 1.82) is 0 Å². The molecule has 0 atom stereocenters. The second kappa shape index (κ2) is 6.60.